The molecule has 0 atom stereocenters. The van der Waals surface area contributed by atoms with Gasteiger partial charge in [0, 0.05) is 6.08 Å². The largest absolute Gasteiger partial charge is 0.394 e. The fourth-order valence-corrected chi connectivity index (χ4v) is 1.12. The quantitative estimate of drug-likeness (QED) is 0.641. The number of hydrogen-bond donors (Lipinski definition) is 2. The first-order chi connectivity index (χ1) is 6.03. The lowest BCUT2D eigenvalue weighted by Gasteiger charge is -2.23. The van der Waals surface area contributed by atoms with Crippen molar-refractivity contribution in [1.82, 2.24) is 5.32 Å². The molecule has 0 aromatic carbocycles. The summed E-state index contributed by atoms with van der Waals surface area (Å²) in [5, 5.41) is 11.7. The van der Waals surface area contributed by atoms with Gasteiger partial charge in [-0.3, -0.25) is 4.79 Å². The Kier molecular flexibility index (Phi) is 3.09. The van der Waals surface area contributed by atoms with Gasteiger partial charge in [0.1, 0.15) is 0 Å². The van der Waals surface area contributed by atoms with Crippen molar-refractivity contribution in [3.05, 3.63) is 11.6 Å². The predicted octanol–water partition coefficient (Wildman–Crippen LogP) is 0.984. The minimum atomic E-state index is -0.516. The van der Waals surface area contributed by atoms with Gasteiger partial charge in [0.15, 0.2) is 0 Å². The minimum Gasteiger partial charge on any atom is -0.394 e. The van der Waals surface area contributed by atoms with E-state index in [0.29, 0.717) is 0 Å². The molecule has 0 bridgehead atoms. The van der Waals surface area contributed by atoms with Gasteiger partial charge in [-0.1, -0.05) is 5.57 Å². The second kappa shape index (κ2) is 3.92. The summed E-state index contributed by atoms with van der Waals surface area (Å²) >= 11 is 0. The number of aliphatic hydroxyl groups excluding tert-OH is 1. The molecule has 3 nitrogen and oxygen atoms in total. The molecule has 1 rings (SSSR count). The van der Waals surface area contributed by atoms with E-state index in [0.717, 1.165) is 12.8 Å². The van der Waals surface area contributed by atoms with E-state index in [4.69, 9.17) is 5.11 Å². The van der Waals surface area contributed by atoms with E-state index in [9.17, 15) is 4.79 Å². The van der Waals surface area contributed by atoms with Gasteiger partial charge in [-0.15, -0.1) is 0 Å². The summed E-state index contributed by atoms with van der Waals surface area (Å²) in [4.78, 5) is 11.3. The molecule has 13 heavy (non-hydrogen) atoms. The average molecular weight is 183 g/mol. The lowest BCUT2D eigenvalue weighted by Crippen LogP contribution is -2.45. The number of aliphatic hydroxyl groups is 1. The molecule has 0 radical (unpaired) electrons. The third kappa shape index (κ3) is 3.19. The van der Waals surface area contributed by atoms with Crippen molar-refractivity contribution in [3.63, 3.8) is 0 Å². The van der Waals surface area contributed by atoms with Crippen molar-refractivity contribution >= 4 is 5.91 Å². The van der Waals surface area contributed by atoms with Crippen LogP contribution in [-0.2, 0) is 4.79 Å². The van der Waals surface area contributed by atoms with E-state index in [-0.39, 0.29) is 12.5 Å². The van der Waals surface area contributed by atoms with Gasteiger partial charge >= 0.3 is 0 Å². The molecule has 0 aliphatic heterocycles. The second-order valence-corrected chi connectivity index (χ2v) is 4.19. The van der Waals surface area contributed by atoms with Crippen LogP contribution < -0.4 is 5.32 Å². The van der Waals surface area contributed by atoms with Gasteiger partial charge in [0.25, 0.3) is 0 Å². The molecule has 0 unspecified atom stereocenters. The molecule has 1 amide bonds. The van der Waals surface area contributed by atoms with Crippen LogP contribution in [0.2, 0.25) is 0 Å². The van der Waals surface area contributed by atoms with Crippen LogP contribution in [0.1, 0.15) is 33.1 Å². The van der Waals surface area contributed by atoms with Crippen LogP contribution in [0.5, 0.6) is 0 Å². The van der Waals surface area contributed by atoms with Crippen LogP contribution >= 0.6 is 0 Å². The zero-order valence-corrected chi connectivity index (χ0v) is 8.26. The average Bonchev–Trinajstić information content (AvgIpc) is 1.96. The lowest BCUT2D eigenvalue weighted by molar-refractivity contribution is -0.118. The maximum Gasteiger partial charge on any atom is 0.244 e. The molecule has 1 aliphatic rings. The Morgan fingerprint density at radius 3 is 2.62 bits per heavy atom. The maximum atomic E-state index is 11.3. The molecule has 0 spiro atoms. The number of hydrogen-bond acceptors (Lipinski definition) is 2. The van der Waals surface area contributed by atoms with Crippen molar-refractivity contribution in [1.29, 1.82) is 0 Å². The monoisotopic (exact) mass is 183 g/mol. The zero-order chi connectivity index (χ0) is 9.90. The number of carbonyl (C=O) groups is 1. The Morgan fingerprint density at radius 1 is 1.62 bits per heavy atom. The first-order valence-electron chi connectivity index (χ1n) is 4.66. The van der Waals surface area contributed by atoms with Gasteiger partial charge < -0.3 is 10.4 Å². The first-order valence-corrected chi connectivity index (χ1v) is 4.66. The van der Waals surface area contributed by atoms with E-state index in [1.165, 1.54) is 12.0 Å². The van der Waals surface area contributed by atoms with Gasteiger partial charge in [-0.2, -0.15) is 0 Å². The number of nitrogens with one attached hydrogen (secondary N) is 1. The molecular formula is C10H17NO2. The van der Waals surface area contributed by atoms with Gasteiger partial charge in [0.2, 0.25) is 5.91 Å². The lowest BCUT2D eigenvalue weighted by atomic mass is 9.92. The van der Waals surface area contributed by atoms with E-state index in [1.54, 1.807) is 19.9 Å². The molecule has 1 fully saturated rings. The van der Waals surface area contributed by atoms with Crippen molar-refractivity contribution in [2.24, 2.45) is 0 Å². The van der Waals surface area contributed by atoms with Gasteiger partial charge in [0.05, 0.1) is 12.1 Å². The summed E-state index contributed by atoms with van der Waals surface area (Å²) < 4.78 is 0. The minimum absolute atomic E-state index is 0.0398. The van der Waals surface area contributed by atoms with E-state index < -0.39 is 5.54 Å². The Bertz CT molecular complexity index is 225. The summed E-state index contributed by atoms with van der Waals surface area (Å²) in [7, 11) is 0. The van der Waals surface area contributed by atoms with Crippen molar-refractivity contribution in [2.45, 2.75) is 38.6 Å². The topological polar surface area (TPSA) is 49.3 Å². The number of amides is 1. The van der Waals surface area contributed by atoms with Gasteiger partial charge in [-0.05, 0) is 33.1 Å². The van der Waals surface area contributed by atoms with Crippen LogP contribution in [0.3, 0.4) is 0 Å². The smallest absolute Gasteiger partial charge is 0.244 e. The third-order valence-electron chi connectivity index (χ3n) is 2.19. The fourth-order valence-electron chi connectivity index (χ4n) is 1.12. The summed E-state index contributed by atoms with van der Waals surface area (Å²) in [5.41, 5.74) is 0.698. The molecule has 2 N–H and O–H groups in total. The highest BCUT2D eigenvalue weighted by molar-refractivity contribution is 5.88. The molecule has 1 aliphatic carbocycles. The Morgan fingerprint density at radius 2 is 2.23 bits per heavy atom. The summed E-state index contributed by atoms with van der Waals surface area (Å²) in [6, 6.07) is 0. The van der Waals surface area contributed by atoms with Crippen LogP contribution in [0.15, 0.2) is 11.6 Å². The second-order valence-electron chi connectivity index (χ2n) is 4.19. The molecule has 74 valence electrons. The summed E-state index contributed by atoms with van der Waals surface area (Å²) in [6.45, 7) is 3.55. The third-order valence-corrected chi connectivity index (χ3v) is 2.19. The van der Waals surface area contributed by atoms with Crippen molar-refractivity contribution in [3.8, 4) is 0 Å². The van der Waals surface area contributed by atoms with Crippen LogP contribution in [0.4, 0.5) is 0 Å². The molecule has 3 heteroatoms. The Labute approximate surface area is 78.8 Å². The van der Waals surface area contributed by atoms with Crippen molar-refractivity contribution < 1.29 is 9.90 Å². The number of allylic oxidation sites excluding steroid dienone is 1. The van der Waals surface area contributed by atoms with E-state index in [1.807, 2.05) is 0 Å². The predicted molar refractivity (Wildman–Crippen MR) is 51.2 cm³/mol. The number of carbonyl (C=O) groups excluding carboxylic acids is 1. The molecule has 0 heterocycles. The zero-order valence-electron chi connectivity index (χ0n) is 8.26. The molecule has 0 aromatic rings. The molecule has 0 aromatic heterocycles. The standard InChI is InChI=1S/C10H17NO2/c1-10(2,7-12)11-9(13)6-8-4-3-5-8/h6,12H,3-5,7H2,1-2H3,(H,11,13). The molecule has 1 saturated carbocycles. The Hall–Kier alpha value is -0.830. The highest BCUT2D eigenvalue weighted by Gasteiger charge is 2.18. The molecular weight excluding hydrogens is 166 g/mol. The van der Waals surface area contributed by atoms with Crippen LogP contribution in [0, 0.1) is 0 Å². The summed E-state index contributed by atoms with van der Waals surface area (Å²) in [5.74, 6) is -0.0891. The van der Waals surface area contributed by atoms with E-state index >= 15 is 0 Å². The van der Waals surface area contributed by atoms with Crippen LogP contribution in [-0.4, -0.2) is 23.2 Å². The highest BCUT2D eigenvalue weighted by Crippen LogP contribution is 2.24. The van der Waals surface area contributed by atoms with Crippen LogP contribution in [0.25, 0.3) is 0 Å². The highest BCUT2D eigenvalue weighted by atomic mass is 16.3. The van der Waals surface area contributed by atoms with Crippen molar-refractivity contribution in [2.75, 3.05) is 6.61 Å². The van der Waals surface area contributed by atoms with E-state index in [2.05, 4.69) is 5.32 Å². The Balaban J connectivity index is 2.40. The normalized spacial score (nSPS) is 16.4. The number of rotatable bonds is 3. The SMILES string of the molecule is CC(C)(CO)NC(=O)C=C1CCC1. The fraction of sp³-hybridized carbons (Fsp3) is 0.700. The maximum absolute atomic E-state index is 11.3. The summed E-state index contributed by atoms with van der Waals surface area (Å²) in [6.07, 6.45) is 4.95. The van der Waals surface area contributed by atoms with Gasteiger partial charge in [-0.25, -0.2) is 0 Å². The first kappa shape index (κ1) is 10.3. The molecule has 0 saturated heterocycles.